The molecular weight excluding hydrogens is 133 g/mol. The first-order valence-electron chi connectivity index (χ1n) is 3.33. The van der Waals surface area contributed by atoms with Gasteiger partial charge in [0.1, 0.15) is 0 Å². The molecule has 3 heteroatoms. The highest BCUT2D eigenvalue weighted by molar-refractivity contribution is 7.09. The van der Waals surface area contributed by atoms with Crippen LogP contribution >= 0.6 is 9.47 Å². The van der Waals surface area contributed by atoms with Crippen molar-refractivity contribution in [1.29, 1.82) is 0 Å². The summed E-state index contributed by atoms with van der Waals surface area (Å²) in [6.45, 7) is 3.34. The fourth-order valence-electron chi connectivity index (χ4n) is 1.30. The van der Waals surface area contributed by atoms with Gasteiger partial charge in [0, 0.05) is 16.0 Å². The van der Waals surface area contributed by atoms with Crippen molar-refractivity contribution in [1.82, 2.24) is 4.90 Å². The highest BCUT2D eigenvalue weighted by Crippen LogP contribution is 2.14. The minimum atomic E-state index is 0.771. The van der Waals surface area contributed by atoms with Crippen LogP contribution < -0.4 is 0 Å². The molecule has 2 atom stereocenters. The van der Waals surface area contributed by atoms with E-state index in [9.17, 15) is 0 Å². The van der Waals surface area contributed by atoms with Crippen LogP contribution in [0.4, 0.5) is 0 Å². The first-order valence-corrected chi connectivity index (χ1v) is 3.80. The third-order valence-electron chi connectivity index (χ3n) is 1.82. The lowest BCUT2D eigenvalue weighted by Gasteiger charge is -2.07. The summed E-state index contributed by atoms with van der Waals surface area (Å²) in [4.78, 5) is 2.34. The molecule has 54 valence electrons. The fraction of sp³-hybridized carbons (Fsp3) is 1.00. The zero-order chi connectivity index (χ0) is 6.69. The maximum atomic E-state index is 4.96. The minimum absolute atomic E-state index is 0.771. The van der Waals surface area contributed by atoms with Crippen LogP contribution in [0.25, 0.3) is 0 Å². The highest BCUT2D eigenvalue weighted by atomic mass is 31.0. The van der Waals surface area contributed by atoms with Gasteiger partial charge in [0.05, 0.1) is 6.61 Å². The Bertz CT molecular complexity index is 87.1. The topological polar surface area (TPSA) is 12.5 Å². The normalized spacial score (nSPS) is 29.3. The maximum Gasteiger partial charge on any atom is 0.0542 e. The molecule has 1 heterocycles. The molecule has 2 unspecified atom stereocenters. The molecule has 0 amide bonds. The van der Waals surface area contributed by atoms with Crippen LogP contribution in [0.15, 0.2) is 0 Å². The second kappa shape index (κ2) is 3.50. The largest absolute Gasteiger partial charge is 0.365 e. The summed E-state index contributed by atoms with van der Waals surface area (Å²) < 4.78 is 4.96. The Balaban J connectivity index is 2.14. The van der Waals surface area contributed by atoms with Crippen molar-refractivity contribution in [2.24, 2.45) is 5.92 Å². The molecule has 1 aliphatic rings. The second-order valence-electron chi connectivity index (χ2n) is 2.75. The van der Waals surface area contributed by atoms with E-state index in [4.69, 9.17) is 4.52 Å². The molecule has 0 aromatic heterocycles. The van der Waals surface area contributed by atoms with Gasteiger partial charge in [-0.05, 0) is 25.9 Å². The summed E-state index contributed by atoms with van der Waals surface area (Å²) in [7, 11) is 4.46. The Morgan fingerprint density at radius 1 is 1.78 bits per heavy atom. The predicted molar refractivity (Wildman–Crippen MR) is 41.3 cm³/mol. The van der Waals surface area contributed by atoms with Crippen LogP contribution in [-0.2, 0) is 4.52 Å². The Kier molecular flexibility index (Phi) is 2.90. The van der Waals surface area contributed by atoms with Crippen molar-refractivity contribution in [2.45, 2.75) is 6.42 Å². The van der Waals surface area contributed by atoms with Gasteiger partial charge < -0.3 is 9.42 Å². The number of nitrogens with zero attached hydrogens (tertiary/aromatic N) is 1. The smallest absolute Gasteiger partial charge is 0.0542 e. The summed E-state index contributed by atoms with van der Waals surface area (Å²) in [6, 6.07) is 0. The third kappa shape index (κ3) is 2.21. The van der Waals surface area contributed by atoms with E-state index < -0.39 is 0 Å². The molecule has 0 aromatic carbocycles. The van der Waals surface area contributed by atoms with Crippen molar-refractivity contribution >= 4 is 9.47 Å². The molecule has 0 N–H and O–H groups in total. The van der Waals surface area contributed by atoms with Crippen molar-refractivity contribution in [3.63, 3.8) is 0 Å². The Labute approximate surface area is 58.8 Å². The molecule has 1 fully saturated rings. The lowest BCUT2D eigenvalue weighted by atomic mass is 10.1. The van der Waals surface area contributed by atoms with Gasteiger partial charge in [-0.25, -0.2) is 0 Å². The highest BCUT2D eigenvalue weighted by Gasteiger charge is 2.18. The lowest BCUT2D eigenvalue weighted by Crippen LogP contribution is -2.15. The average molecular weight is 147 g/mol. The molecule has 1 saturated heterocycles. The number of rotatable bonds is 2. The van der Waals surface area contributed by atoms with Crippen LogP contribution in [0.5, 0.6) is 0 Å². The Morgan fingerprint density at radius 2 is 2.56 bits per heavy atom. The standard InChI is InChI=1S/C6H14NOP/c1-7-3-2-6(4-7)5-8-9/h6H,2-5,9H2,1H3. The fourth-order valence-corrected chi connectivity index (χ4v) is 1.57. The van der Waals surface area contributed by atoms with E-state index in [-0.39, 0.29) is 0 Å². The predicted octanol–water partition coefficient (Wildman–Crippen LogP) is 0.745. The van der Waals surface area contributed by atoms with Crippen LogP contribution in [0, 0.1) is 5.92 Å². The number of hydrogen-bond donors (Lipinski definition) is 0. The zero-order valence-electron chi connectivity index (χ0n) is 5.84. The Hall–Kier alpha value is 0.350. The molecular formula is C6H14NOP. The summed E-state index contributed by atoms with van der Waals surface area (Å²) >= 11 is 0. The van der Waals surface area contributed by atoms with Crippen LogP contribution in [0.3, 0.4) is 0 Å². The zero-order valence-corrected chi connectivity index (χ0v) is 6.99. The van der Waals surface area contributed by atoms with Crippen molar-refractivity contribution in [3.05, 3.63) is 0 Å². The van der Waals surface area contributed by atoms with Gasteiger partial charge in [-0.15, -0.1) is 0 Å². The van der Waals surface area contributed by atoms with E-state index in [0.29, 0.717) is 0 Å². The first kappa shape index (κ1) is 7.46. The van der Waals surface area contributed by atoms with Gasteiger partial charge in [0.2, 0.25) is 0 Å². The van der Waals surface area contributed by atoms with Crippen molar-refractivity contribution < 1.29 is 4.52 Å². The maximum absolute atomic E-state index is 4.96. The van der Waals surface area contributed by atoms with Crippen molar-refractivity contribution in [2.75, 3.05) is 26.7 Å². The molecule has 2 nitrogen and oxygen atoms in total. The van der Waals surface area contributed by atoms with Gasteiger partial charge >= 0.3 is 0 Å². The van der Waals surface area contributed by atoms with Gasteiger partial charge in [-0.3, -0.25) is 0 Å². The van der Waals surface area contributed by atoms with E-state index in [1.807, 2.05) is 0 Å². The summed E-state index contributed by atoms with van der Waals surface area (Å²) in [5.74, 6) is 0.771. The van der Waals surface area contributed by atoms with E-state index >= 15 is 0 Å². The summed E-state index contributed by atoms with van der Waals surface area (Å²) in [6.07, 6.45) is 1.30. The van der Waals surface area contributed by atoms with E-state index in [0.717, 1.165) is 12.5 Å². The number of likely N-dealkylation sites (tertiary alicyclic amines) is 1. The van der Waals surface area contributed by atoms with E-state index in [1.54, 1.807) is 0 Å². The van der Waals surface area contributed by atoms with Crippen LogP contribution in [-0.4, -0.2) is 31.6 Å². The van der Waals surface area contributed by atoms with Gasteiger partial charge in [0.15, 0.2) is 0 Å². The lowest BCUT2D eigenvalue weighted by molar-refractivity contribution is 0.283. The first-order chi connectivity index (χ1) is 4.33. The number of hydrogen-bond acceptors (Lipinski definition) is 2. The van der Waals surface area contributed by atoms with Gasteiger partial charge in [-0.1, -0.05) is 0 Å². The van der Waals surface area contributed by atoms with E-state index in [1.165, 1.54) is 19.5 Å². The molecule has 1 aliphatic heterocycles. The molecule has 0 aliphatic carbocycles. The molecule has 0 saturated carbocycles. The summed E-state index contributed by atoms with van der Waals surface area (Å²) in [5.41, 5.74) is 0. The van der Waals surface area contributed by atoms with Gasteiger partial charge in [0.25, 0.3) is 0 Å². The molecule has 0 bridgehead atoms. The van der Waals surface area contributed by atoms with Gasteiger partial charge in [-0.2, -0.15) is 0 Å². The monoisotopic (exact) mass is 147 g/mol. The molecule has 0 spiro atoms. The quantitative estimate of drug-likeness (QED) is 0.534. The average Bonchev–Trinajstić information content (AvgIpc) is 2.17. The van der Waals surface area contributed by atoms with Crippen LogP contribution in [0.1, 0.15) is 6.42 Å². The summed E-state index contributed by atoms with van der Waals surface area (Å²) in [5, 5.41) is 0. The SMILES string of the molecule is CN1CCC(COP)C1. The minimum Gasteiger partial charge on any atom is -0.365 e. The molecule has 0 radical (unpaired) electrons. The molecule has 0 aromatic rings. The van der Waals surface area contributed by atoms with E-state index in [2.05, 4.69) is 21.4 Å². The van der Waals surface area contributed by atoms with Crippen molar-refractivity contribution in [3.8, 4) is 0 Å². The van der Waals surface area contributed by atoms with Crippen LogP contribution in [0.2, 0.25) is 0 Å². The molecule has 9 heavy (non-hydrogen) atoms. The molecule has 1 rings (SSSR count). The second-order valence-corrected chi connectivity index (χ2v) is 3.08. The Morgan fingerprint density at radius 3 is 3.00 bits per heavy atom. The third-order valence-corrected chi connectivity index (χ3v) is 2.01.